The summed E-state index contributed by atoms with van der Waals surface area (Å²) in [6.07, 6.45) is 18.0. The summed E-state index contributed by atoms with van der Waals surface area (Å²) in [7, 11) is 0. The lowest BCUT2D eigenvalue weighted by Crippen LogP contribution is -1.82. The Morgan fingerprint density at radius 3 is 1.88 bits per heavy atom. The Kier molecular flexibility index (Phi) is 12.1. The van der Waals surface area contributed by atoms with E-state index in [1.165, 1.54) is 64.2 Å². The van der Waals surface area contributed by atoms with Gasteiger partial charge in [-0.05, 0) is 39.5 Å². The van der Waals surface area contributed by atoms with Crippen LogP contribution >= 0.6 is 0 Å². The fraction of sp³-hybridized carbons (Fsp3) is 0.750. The third kappa shape index (κ3) is 11.6. The van der Waals surface area contributed by atoms with Gasteiger partial charge in [-0.2, -0.15) is 0 Å². The molecule has 0 nitrogen and oxygen atoms in total. The second kappa shape index (κ2) is 12.5. The van der Waals surface area contributed by atoms with Crippen LogP contribution in [-0.4, -0.2) is 0 Å². The Balaban J connectivity index is 3.01. The molecule has 0 unspecified atom stereocenters. The minimum absolute atomic E-state index is 1.20. The fourth-order valence-electron chi connectivity index (χ4n) is 1.90. The van der Waals surface area contributed by atoms with Crippen molar-refractivity contribution >= 4 is 0 Å². The molecule has 0 atom stereocenters. The minimum Gasteiger partial charge on any atom is -0.103 e. The van der Waals surface area contributed by atoms with E-state index in [-0.39, 0.29) is 0 Å². The van der Waals surface area contributed by atoms with Crippen LogP contribution in [0.2, 0.25) is 0 Å². The van der Waals surface area contributed by atoms with Crippen LogP contribution in [0.25, 0.3) is 0 Å². The van der Waals surface area contributed by atoms with Crippen molar-refractivity contribution in [3.63, 3.8) is 0 Å². The topological polar surface area (TPSA) is 0 Å². The van der Waals surface area contributed by atoms with Crippen molar-refractivity contribution in [2.75, 3.05) is 0 Å². The van der Waals surface area contributed by atoms with Crippen molar-refractivity contribution in [3.8, 4) is 0 Å². The highest BCUT2D eigenvalue weighted by atomic mass is 14.0. The highest BCUT2D eigenvalue weighted by Gasteiger charge is 1.93. The molecule has 0 bridgehead atoms. The first-order valence-corrected chi connectivity index (χ1v) is 7.04. The zero-order valence-corrected chi connectivity index (χ0v) is 11.4. The Hall–Kier alpha value is -0.520. The van der Waals surface area contributed by atoms with Crippen LogP contribution in [0.4, 0.5) is 0 Å². The van der Waals surface area contributed by atoms with E-state index in [1.807, 2.05) is 6.08 Å². The van der Waals surface area contributed by atoms with E-state index in [0.29, 0.717) is 0 Å². The second-order valence-corrected chi connectivity index (χ2v) is 4.79. The molecule has 0 aliphatic rings. The highest BCUT2D eigenvalue weighted by molar-refractivity contribution is 4.94. The Morgan fingerprint density at radius 1 is 0.875 bits per heavy atom. The van der Waals surface area contributed by atoms with E-state index in [1.54, 1.807) is 5.57 Å². The molecule has 0 heteroatoms. The van der Waals surface area contributed by atoms with E-state index < -0.39 is 0 Å². The number of unbranched alkanes of at least 4 members (excludes halogenated alkanes) is 8. The molecule has 0 aliphatic carbocycles. The van der Waals surface area contributed by atoms with Crippen molar-refractivity contribution in [2.45, 2.75) is 78.1 Å². The number of hydrogen-bond donors (Lipinski definition) is 0. The van der Waals surface area contributed by atoms with Gasteiger partial charge in [-0.3, -0.25) is 0 Å². The molecule has 0 aromatic carbocycles. The molecular formula is C16H30. The molecule has 0 saturated heterocycles. The molecular weight excluding hydrogens is 192 g/mol. The van der Waals surface area contributed by atoms with E-state index >= 15 is 0 Å². The summed E-state index contributed by atoms with van der Waals surface area (Å²) < 4.78 is 0. The van der Waals surface area contributed by atoms with Crippen molar-refractivity contribution in [1.29, 1.82) is 0 Å². The van der Waals surface area contributed by atoms with Gasteiger partial charge in [-0.1, -0.05) is 56.3 Å². The normalized spacial score (nSPS) is 11.8. The molecule has 0 aromatic rings. The largest absolute Gasteiger partial charge is 0.103 e. The lowest BCUT2D eigenvalue weighted by molar-refractivity contribution is 0.569. The van der Waals surface area contributed by atoms with Crippen LogP contribution in [0.1, 0.15) is 78.1 Å². The number of rotatable bonds is 11. The Bertz CT molecular complexity index is 176. The first-order chi connectivity index (χ1) is 7.81. The number of hydrogen-bond acceptors (Lipinski definition) is 0. The maximum Gasteiger partial charge on any atom is -0.0323 e. The Labute approximate surface area is 103 Å². The molecule has 0 saturated carbocycles. The van der Waals surface area contributed by atoms with E-state index in [2.05, 4.69) is 26.5 Å². The summed E-state index contributed by atoms with van der Waals surface area (Å²) in [4.78, 5) is 0. The Morgan fingerprint density at radius 2 is 1.38 bits per heavy atom. The summed E-state index contributed by atoms with van der Waals surface area (Å²) in [6, 6.07) is 0. The smallest absolute Gasteiger partial charge is 0.0323 e. The van der Waals surface area contributed by atoms with Gasteiger partial charge in [0.1, 0.15) is 0 Å². The minimum atomic E-state index is 1.20. The molecule has 0 spiro atoms. The fourth-order valence-corrected chi connectivity index (χ4v) is 1.90. The van der Waals surface area contributed by atoms with Crippen LogP contribution in [0, 0.1) is 0 Å². The van der Waals surface area contributed by atoms with E-state index in [9.17, 15) is 0 Å². The van der Waals surface area contributed by atoms with Gasteiger partial charge in [0.2, 0.25) is 0 Å². The van der Waals surface area contributed by atoms with Gasteiger partial charge >= 0.3 is 0 Å². The van der Waals surface area contributed by atoms with E-state index in [0.717, 1.165) is 0 Å². The van der Waals surface area contributed by atoms with E-state index in [4.69, 9.17) is 0 Å². The summed E-state index contributed by atoms with van der Waals surface area (Å²) in [5, 5.41) is 0. The molecule has 0 heterocycles. The van der Waals surface area contributed by atoms with Gasteiger partial charge in [-0.15, -0.1) is 6.58 Å². The van der Waals surface area contributed by atoms with Gasteiger partial charge in [-0.25, -0.2) is 0 Å². The molecule has 0 aromatic heterocycles. The van der Waals surface area contributed by atoms with Gasteiger partial charge < -0.3 is 0 Å². The molecule has 0 N–H and O–H groups in total. The average Bonchev–Trinajstić information content (AvgIpc) is 2.31. The zero-order valence-electron chi connectivity index (χ0n) is 11.4. The van der Waals surface area contributed by atoms with Crippen molar-refractivity contribution < 1.29 is 0 Å². The SMILES string of the molecule is C=CCCCCCCCCCCC(C)=CC. The lowest BCUT2D eigenvalue weighted by atomic mass is 10.0. The maximum atomic E-state index is 3.75. The first-order valence-electron chi connectivity index (χ1n) is 7.04. The molecule has 0 amide bonds. The quantitative estimate of drug-likeness (QED) is 0.295. The molecule has 16 heavy (non-hydrogen) atoms. The molecule has 0 fully saturated rings. The monoisotopic (exact) mass is 222 g/mol. The molecule has 0 rings (SSSR count). The van der Waals surface area contributed by atoms with Crippen LogP contribution in [0.15, 0.2) is 24.3 Å². The van der Waals surface area contributed by atoms with Crippen molar-refractivity contribution in [3.05, 3.63) is 24.3 Å². The summed E-state index contributed by atoms with van der Waals surface area (Å²) in [6.45, 7) is 8.12. The van der Waals surface area contributed by atoms with Crippen LogP contribution in [0.3, 0.4) is 0 Å². The van der Waals surface area contributed by atoms with Crippen molar-refractivity contribution in [2.24, 2.45) is 0 Å². The molecule has 94 valence electrons. The third-order valence-corrected chi connectivity index (χ3v) is 3.22. The van der Waals surface area contributed by atoms with Crippen LogP contribution in [0.5, 0.6) is 0 Å². The summed E-state index contributed by atoms with van der Waals surface area (Å²) in [5.74, 6) is 0. The first kappa shape index (κ1) is 15.5. The second-order valence-electron chi connectivity index (χ2n) is 4.79. The number of allylic oxidation sites excluding steroid dienone is 3. The standard InChI is InChI=1S/C16H30/c1-4-6-7-8-9-10-11-12-13-14-15-16(3)5-2/h4-5H,1,6-15H2,2-3H3. The zero-order chi connectivity index (χ0) is 12.1. The predicted molar refractivity (Wildman–Crippen MR) is 75.8 cm³/mol. The van der Waals surface area contributed by atoms with Crippen molar-refractivity contribution in [1.82, 2.24) is 0 Å². The third-order valence-electron chi connectivity index (χ3n) is 3.22. The molecule has 0 aliphatic heterocycles. The van der Waals surface area contributed by atoms with Crippen LogP contribution in [-0.2, 0) is 0 Å². The van der Waals surface area contributed by atoms with Gasteiger partial charge in [0.25, 0.3) is 0 Å². The average molecular weight is 222 g/mol. The molecule has 0 radical (unpaired) electrons. The lowest BCUT2D eigenvalue weighted by Gasteiger charge is -2.02. The predicted octanol–water partition coefficient (Wildman–Crippen LogP) is 6.04. The highest BCUT2D eigenvalue weighted by Crippen LogP contribution is 2.12. The summed E-state index contributed by atoms with van der Waals surface area (Å²) in [5.41, 5.74) is 1.55. The van der Waals surface area contributed by atoms with Crippen LogP contribution < -0.4 is 0 Å². The van der Waals surface area contributed by atoms with Gasteiger partial charge in [0, 0.05) is 0 Å². The maximum absolute atomic E-state index is 3.75. The summed E-state index contributed by atoms with van der Waals surface area (Å²) >= 11 is 0. The van der Waals surface area contributed by atoms with Gasteiger partial charge in [0.05, 0.1) is 0 Å². The van der Waals surface area contributed by atoms with Gasteiger partial charge in [0.15, 0.2) is 0 Å².